The van der Waals surface area contributed by atoms with Crippen molar-refractivity contribution in [2.45, 2.75) is 6.10 Å². The number of para-hydroxylation sites is 2. The average Bonchev–Trinajstić information content (AvgIpc) is 2.64. The molecular weight excluding hydrogens is 365 g/mol. The molecule has 26 heavy (non-hydrogen) atoms. The van der Waals surface area contributed by atoms with Gasteiger partial charge in [0.25, 0.3) is 5.91 Å². The van der Waals surface area contributed by atoms with Gasteiger partial charge in [0.1, 0.15) is 18.5 Å². The summed E-state index contributed by atoms with van der Waals surface area (Å²) in [4.78, 5) is 23.6. The highest BCUT2D eigenvalue weighted by Crippen LogP contribution is 2.30. The van der Waals surface area contributed by atoms with Crippen molar-refractivity contribution in [2.75, 3.05) is 19.8 Å². The predicted octanol–water partition coefficient (Wildman–Crippen LogP) is 2.59. The molecule has 1 aliphatic rings. The van der Waals surface area contributed by atoms with Gasteiger partial charge in [-0.2, -0.15) is 0 Å². The van der Waals surface area contributed by atoms with Gasteiger partial charge in [0.2, 0.25) is 0 Å². The van der Waals surface area contributed by atoms with E-state index in [0.29, 0.717) is 11.5 Å². The monoisotopic (exact) mass is 379 g/mol. The van der Waals surface area contributed by atoms with E-state index >= 15 is 0 Å². The van der Waals surface area contributed by atoms with E-state index in [1.165, 1.54) is 12.1 Å². The molecule has 2 aromatic carbocycles. The lowest BCUT2D eigenvalue weighted by Crippen LogP contribution is -2.42. The Morgan fingerprint density at radius 2 is 2.00 bits per heavy atom. The Bertz CT molecular complexity index is 829. The largest absolute Gasteiger partial charge is 0.486 e. The highest BCUT2D eigenvalue weighted by molar-refractivity contribution is 6.30. The van der Waals surface area contributed by atoms with Gasteiger partial charge in [-0.15, -0.1) is 0 Å². The van der Waals surface area contributed by atoms with Crippen LogP contribution in [0.15, 0.2) is 42.5 Å². The molecule has 0 fully saturated rings. The second-order valence-corrected chi connectivity index (χ2v) is 5.94. The van der Waals surface area contributed by atoms with E-state index in [-0.39, 0.29) is 29.8 Å². The van der Waals surface area contributed by atoms with Crippen molar-refractivity contribution in [3.05, 3.63) is 58.9 Å². The number of halogens is 2. The first-order valence-electron chi connectivity index (χ1n) is 7.80. The Balaban J connectivity index is 1.44. The maximum absolute atomic E-state index is 13.6. The van der Waals surface area contributed by atoms with Crippen molar-refractivity contribution >= 4 is 23.5 Å². The van der Waals surface area contributed by atoms with Crippen LogP contribution in [0.5, 0.6) is 11.5 Å². The molecule has 0 radical (unpaired) electrons. The Labute approximate surface area is 153 Å². The summed E-state index contributed by atoms with van der Waals surface area (Å²) in [6.07, 6.45) is -0.363. The number of rotatable bonds is 5. The number of nitrogens with one attached hydrogen (secondary N) is 1. The van der Waals surface area contributed by atoms with E-state index in [9.17, 15) is 14.0 Å². The third kappa shape index (κ3) is 4.43. The first-order chi connectivity index (χ1) is 12.5. The van der Waals surface area contributed by atoms with Gasteiger partial charge in [-0.1, -0.05) is 23.7 Å². The molecule has 136 valence electrons. The maximum atomic E-state index is 13.6. The van der Waals surface area contributed by atoms with Gasteiger partial charge >= 0.3 is 5.97 Å². The maximum Gasteiger partial charge on any atom is 0.341 e. The van der Waals surface area contributed by atoms with Crippen LogP contribution in [0, 0.1) is 5.82 Å². The van der Waals surface area contributed by atoms with Crippen LogP contribution in [0.4, 0.5) is 4.39 Å². The van der Waals surface area contributed by atoms with Crippen molar-refractivity contribution in [1.29, 1.82) is 0 Å². The zero-order valence-corrected chi connectivity index (χ0v) is 14.3. The van der Waals surface area contributed by atoms with E-state index in [0.717, 1.165) is 6.07 Å². The predicted molar refractivity (Wildman–Crippen MR) is 91.1 cm³/mol. The molecule has 0 aromatic heterocycles. The van der Waals surface area contributed by atoms with Gasteiger partial charge in [0.05, 0.1) is 12.1 Å². The summed E-state index contributed by atoms with van der Waals surface area (Å²) in [7, 11) is 0. The molecule has 1 heterocycles. The van der Waals surface area contributed by atoms with E-state index in [1.54, 1.807) is 12.1 Å². The molecule has 0 aliphatic carbocycles. The zero-order chi connectivity index (χ0) is 18.5. The topological polar surface area (TPSA) is 73.9 Å². The number of hydrogen-bond donors (Lipinski definition) is 1. The first-order valence-corrected chi connectivity index (χ1v) is 8.18. The van der Waals surface area contributed by atoms with Crippen LogP contribution in [0.1, 0.15) is 10.4 Å². The Hall–Kier alpha value is -2.80. The highest BCUT2D eigenvalue weighted by Gasteiger charge is 2.21. The van der Waals surface area contributed by atoms with Crippen LogP contribution in [-0.2, 0) is 9.53 Å². The van der Waals surface area contributed by atoms with E-state index in [1.807, 2.05) is 12.1 Å². The minimum atomic E-state index is -0.944. The van der Waals surface area contributed by atoms with Gasteiger partial charge < -0.3 is 19.5 Å². The van der Waals surface area contributed by atoms with Gasteiger partial charge in [-0.3, -0.25) is 4.79 Å². The Morgan fingerprint density at radius 1 is 1.23 bits per heavy atom. The van der Waals surface area contributed by atoms with E-state index in [2.05, 4.69) is 5.32 Å². The minimum absolute atomic E-state index is 0.160. The number of ether oxygens (including phenoxy) is 3. The normalized spacial score (nSPS) is 15.2. The van der Waals surface area contributed by atoms with Gasteiger partial charge in [0.15, 0.2) is 18.1 Å². The van der Waals surface area contributed by atoms with Gasteiger partial charge in [-0.25, -0.2) is 9.18 Å². The fraction of sp³-hybridized carbons (Fsp3) is 0.222. The fourth-order valence-electron chi connectivity index (χ4n) is 2.31. The van der Waals surface area contributed by atoms with Crippen molar-refractivity contribution in [3.63, 3.8) is 0 Å². The summed E-state index contributed by atoms with van der Waals surface area (Å²) >= 11 is 5.62. The zero-order valence-electron chi connectivity index (χ0n) is 13.5. The number of benzene rings is 2. The Morgan fingerprint density at radius 3 is 2.77 bits per heavy atom. The molecular formula is C18H15ClFNO5. The second-order valence-electron chi connectivity index (χ2n) is 5.50. The van der Waals surface area contributed by atoms with Crippen molar-refractivity contribution < 1.29 is 28.2 Å². The third-order valence-electron chi connectivity index (χ3n) is 3.58. The van der Waals surface area contributed by atoms with Crippen LogP contribution in [-0.4, -0.2) is 37.7 Å². The molecule has 0 unspecified atom stereocenters. The number of carbonyl (C=O) groups is 2. The highest BCUT2D eigenvalue weighted by atomic mass is 35.5. The number of fused-ring (bicyclic) bond motifs is 1. The summed E-state index contributed by atoms with van der Waals surface area (Å²) in [5.41, 5.74) is -0.289. The summed E-state index contributed by atoms with van der Waals surface area (Å²) < 4.78 is 29.6. The first kappa shape index (κ1) is 18.0. The number of carbonyl (C=O) groups excluding carboxylic acids is 2. The van der Waals surface area contributed by atoms with Gasteiger partial charge in [0, 0.05) is 5.02 Å². The van der Waals surface area contributed by atoms with Crippen molar-refractivity contribution in [1.82, 2.24) is 5.32 Å². The third-order valence-corrected chi connectivity index (χ3v) is 3.81. The standard InChI is InChI=1S/C18H15ClFNO5/c19-11-5-6-13(14(20)7-11)18(23)25-10-17(22)21-8-12-9-24-15-3-1-2-4-16(15)26-12/h1-7,12H,8-10H2,(H,21,22)/t12-/m0/s1. The molecule has 8 heteroatoms. The lowest BCUT2D eigenvalue weighted by molar-refractivity contribution is -0.124. The van der Waals surface area contributed by atoms with Crippen molar-refractivity contribution in [2.24, 2.45) is 0 Å². The molecule has 6 nitrogen and oxygen atoms in total. The fourth-order valence-corrected chi connectivity index (χ4v) is 2.47. The molecule has 0 bridgehead atoms. The summed E-state index contributed by atoms with van der Waals surface area (Å²) in [5, 5.41) is 2.74. The van der Waals surface area contributed by atoms with Crippen LogP contribution in [0.3, 0.4) is 0 Å². The van der Waals surface area contributed by atoms with Crippen LogP contribution >= 0.6 is 11.6 Å². The molecule has 0 spiro atoms. The lowest BCUT2D eigenvalue weighted by atomic mass is 10.2. The van der Waals surface area contributed by atoms with Crippen LogP contribution < -0.4 is 14.8 Å². The molecule has 1 atom stereocenters. The average molecular weight is 380 g/mol. The molecule has 1 aliphatic heterocycles. The molecule has 2 aromatic rings. The SMILES string of the molecule is O=C(COC(=O)c1ccc(Cl)cc1F)NC[C@H]1COc2ccccc2O1. The number of amides is 1. The van der Waals surface area contributed by atoms with Crippen LogP contribution in [0.2, 0.25) is 5.02 Å². The summed E-state index contributed by atoms with van der Waals surface area (Å²) in [6, 6.07) is 10.8. The van der Waals surface area contributed by atoms with Gasteiger partial charge in [-0.05, 0) is 30.3 Å². The summed E-state index contributed by atoms with van der Waals surface area (Å²) in [6.45, 7) is -0.0713. The molecule has 0 saturated carbocycles. The molecule has 1 amide bonds. The quantitative estimate of drug-likeness (QED) is 0.808. The lowest BCUT2D eigenvalue weighted by Gasteiger charge is -2.26. The van der Waals surface area contributed by atoms with E-state index in [4.69, 9.17) is 25.8 Å². The van der Waals surface area contributed by atoms with E-state index < -0.39 is 24.3 Å². The second kappa shape index (κ2) is 8.05. The summed E-state index contributed by atoms with van der Waals surface area (Å²) in [5.74, 6) is -1.04. The number of hydrogen-bond acceptors (Lipinski definition) is 5. The molecule has 3 rings (SSSR count). The molecule has 1 N–H and O–H groups in total. The number of esters is 1. The van der Waals surface area contributed by atoms with Crippen LogP contribution in [0.25, 0.3) is 0 Å². The minimum Gasteiger partial charge on any atom is -0.486 e. The molecule has 0 saturated heterocycles. The Kier molecular flexibility index (Phi) is 5.58. The smallest absolute Gasteiger partial charge is 0.341 e. The van der Waals surface area contributed by atoms with Crippen molar-refractivity contribution in [3.8, 4) is 11.5 Å².